The van der Waals surface area contributed by atoms with Gasteiger partial charge in [0.1, 0.15) is 0 Å². The highest BCUT2D eigenvalue weighted by atomic mass is 16.2. The molecule has 0 aliphatic carbocycles. The third-order valence-electron chi connectivity index (χ3n) is 7.16. The molecule has 1 N–H and O–H groups in total. The molecule has 6 nitrogen and oxygen atoms in total. The molecule has 1 aromatic heterocycles. The Morgan fingerprint density at radius 2 is 1.76 bits per heavy atom. The summed E-state index contributed by atoms with van der Waals surface area (Å²) in [4.78, 5) is 34.3. The average molecular weight is 449 g/mol. The zero-order valence-electron chi connectivity index (χ0n) is 20.1. The van der Waals surface area contributed by atoms with Crippen molar-refractivity contribution < 1.29 is 9.59 Å². The zero-order valence-corrected chi connectivity index (χ0v) is 20.1. The van der Waals surface area contributed by atoms with E-state index in [-0.39, 0.29) is 17.9 Å². The maximum absolute atomic E-state index is 13.2. The van der Waals surface area contributed by atoms with Gasteiger partial charge in [0, 0.05) is 45.3 Å². The number of fused-ring (bicyclic) bond motifs is 1. The summed E-state index contributed by atoms with van der Waals surface area (Å²) in [6.07, 6.45) is 4.09. The number of aromatic nitrogens is 1. The lowest BCUT2D eigenvalue weighted by Crippen LogP contribution is -2.35. The number of likely N-dealkylation sites (tertiary alicyclic amines) is 2. The molecule has 3 unspecified atom stereocenters. The van der Waals surface area contributed by atoms with Crippen LogP contribution in [0, 0.1) is 25.7 Å². The van der Waals surface area contributed by atoms with Crippen LogP contribution in [0.5, 0.6) is 0 Å². The number of benzene rings is 1. The SMILES string of the molecule is CCCC(=O)NC(CCN1CC2CN(C(=O)c3c(C)ccnc3C)CC2C1)c1ccccc1. The van der Waals surface area contributed by atoms with E-state index in [1.807, 2.05) is 49.9 Å². The summed E-state index contributed by atoms with van der Waals surface area (Å²) >= 11 is 0. The largest absolute Gasteiger partial charge is 0.349 e. The average Bonchev–Trinajstić information content (AvgIpc) is 3.36. The first-order chi connectivity index (χ1) is 16.0. The van der Waals surface area contributed by atoms with Crippen molar-refractivity contribution in [3.63, 3.8) is 0 Å². The van der Waals surface area contributed by atoms with E-state index in [0.717, 1.165) is 62.4 Å². The summed E-state index contributed by atoms with van der Waals surface area (Å²) in [6.45, 7) is 10.6. The zero-order chi connectivity index (χ0) is 23.4. The predicted octanol–water partition coefficient (Wildman–Crippen LogP) is 3.75. The smallest absolute Gasteiger partial charge is 0.255 e. The lowest BCUT2D eigenvalue weighted by atomic mass is 10.0. The third-order valence-corrected chi connectivity index (χ3v) is 7.16. The van der Waals surface area contributed by atoms with Crippen LogP contribution in [0.2, 0.25) is 0 Å². The second-order valence-electron chi connectivity index (χ2n) is 9.65. The Morgan fingerprint density at radius 3 is 2.39 bits per heavy atom. The Hall–Kier alpha value is -2.73. The van der Waals surface area contributed by atoms with Crippen molar-refractivity contribution in [2.24, 2.45) is 11.8 Å². The standard InChI is InChI=1S/C27H36N4O2/c1-4-8-25(32)29-24(21-9-6-5-7-10-21)12-14-30-15-22-17-31(18-23(22)16-30)27(33)26-19(2)11-13-28-20(26)3/h5-7,9-11,13,22-24H,4,8,12,14-18H2,1-3H3,(H,29,32). The molecule has 0 radical (unpaired) electrons. The van der Waals surface area contributed by atoms with E-state index >= 15 is 0 Å². The quantitative estimate of drug-likeness (QED) is 0.668. The molecule has 4 rings (SSSR count). The van der Waals surface area contributed by atoms with Crippen LogP contribution in [-0.2, 0) is 4.79 Å². The second kappa shape index (κ2) is 10.5. The van der Waals surface area contributed by atoms with E-state index in [1.165, 1.54) is 5.56 Å². The van der Waals surface area contributed by atoms with E-state index in [2.05, 4.69) is 27.3 Å². The van der Waals surface area contributed by atoms with Gasteiger partial charge in [-0.2, -0.15) is 0 Å². The van der Waals surface area contributed by atoms with Crippen molar-refractivity contribution in [3.05, 3.63) is 65.0 Å². The van der Waals surface area contributed by atoms with E-state index in [1.54, 1.807) is 6.20 Å². The molecule has 0 bridgehead atoms. The summed E-state index contributed by atoms with van der Waals surface area (Å²) in [6, 6.07) is 12.2. The number of hydrogen-bond acceptors (Lipinski definition) is 4. The van der Waals surface area contributed by atoms with E-state index in [4.69, 9.17) is 0 Å². The van der Waals surface area contributed by atoms with Gasteiger partial charge in [0.05, 0.1) is 17.3 Å². The molecule has 33 heavy (non-hydrogen) atoms. The maximum Gasteiger partial charge on any atom is 0.255 e. The fourth-order valence-electron chi connectivity index (χ4n) is 5.43. The van der Waals surface area contributed by atoms with E-state index < -0.39 is 0 Å². The Morgan fingerprint density at radius 1 is 1.06 bits per heavy atom. The van der Waals surface area contributed by atoms with Gasteiger partial charge < -0.3 is 15.1 Å². The predicted molar refractivity (Wildman–Crippen MR) is 130 cm³/mol. The molecule has 2 aromatic rings. The number of amides is 2. The summed E-state index contributed by atoms with van der Waals surface area (Å²) in [7, 11) is 0. The number of pyridine rings is 1. The van der Waals surface area contributed by atoms with Crippen LogP contribution in [0.3, 0.4) is 0 Å². The van der Waals surface area contributed by atoms with Gasteiger partial charge in [-0.25, -0.2) is 0 Å². The van der Waals surface area contributed by atoms with Gasteiger partial charge in [-0.3, -0.25) is 14.6 Å². The Kier molecular flexibility index (Phi) is 7.43. The number of carbonyl (C=O) groups is 2. The molecule has 2 fully saturated rings. The van der Waals surface area contributed by atoms with Gasteiger partial charge >= 0.3 is 0 Å². The van der Waals surface area contributed by atoms with Crippen LogP contribution in [-0.4, -0.2) is 59.3 Å². The molecular formula is C27H36N4O2. The molecule has 2 amide bonds. The minimum absolute atomic E-state index is 0.0419. The number of hydrogen-bond donors (Lipinski definition) is 1. The molecule has 2 aliphatic heterocycles. The van der Waals surface area contributed by atoms with E-state index in [0.29, 0.717) is 18.3 Å². The molecule has 2 saturated heterocycles. The second-order valence-corrected chi connectivity index (χ2v) is 9.65. The van der Waals surface area contributed by atoms with Gasteiger partial charge in [0.25, 0.3) is 5.91 Å². The normalized spacial score (nSPS) is 21.1. The van der Waals surface area contributed by atoms with Crippen LogP contribution >= 0.6 is 0 Å². The number of nitrogens with zero attached hydrogens (tertiary/aromatic N) is 3. The minimum atomic E-state index is 0.0419. The van der Waals surface area contributed by atoms with Crippen molar-refractivity contribution in [3.8, 4) is 0 Å². The van der Waals surface area contributed by atoms with Gasteiger partial charge in [-0.15, -0.1) is 0 Å². The molecule has 2 aliphatic rings. The molecule has 0 spiro atoms. The fraction of sp³-hybridized carbons (Fsp3) is 0.519. The van der Waals surface area contributed by atoms with Gasteiger partial charge in [0.2, 0.25) is 5.91 Å². The highest BCUT2D eigenvalue weighted by Crippen LogP contribution is 2.33. The van der Waals surface area contributed by atoms with Crippen molar-refractivity contribution in [2.45, 2.75) is 46.1 Å². The van der Waals surface area contributed by atoms with Crippen LogP contribution < -0.4 is 5.32 Å². The van der Waals surface area contributed by atoms with Crippen molar-refractivity contribution in [2.75, 3.05) is 32.7 Å². The summed E-state index contributed by atoms with van der Waals surface area (Å²) in [5.41, 5.74) is 3.75. The lowest BCUT2D eigenvalue weighted by molar-refractivity contribution is -0.121. The maximum atomic E-state index is 13.2. The first kappa shape index (κ1) is 23.4. The third kappa shape index (κ3) is 5.44. The minimum Gasteiger partial charge on any atom is -0.349 e. The molecule has 0 saturated carbocycles. The van der Waals surface area contributed by atoms with Crippen LogP contribution in [0.1, 0.15) is 59.4 Å². The van der Waals surface area contributed by atoms with E-state index in [9.17, 15) is 9.59 Å². The number of nitrogens with one attached hydrogen (secondary N) is 1. The first-order valence-electron chi connectivity index (χ1n) is 12.2. The highest BCUT2D eigenvalue weighted by Gasteiger charge is 2.42. The van der Waals surface area contributed by atoms with Crippen LogP contribution in [0.25, 0.3) is 0 Å². The summed E-state index contributed by atoms with van der Waals surface area (Å²) in [5, 5.41) is 3.23. The molecule has 3 atom stereocenters. The summed E-state index contributed by atoms with van der Waals surface area (Å²) < 4.78 is 0. The molecule has 3 heterocycles. The summed E-state index contributed by atoms with van der Waals surface area (Å²) in [5.74, 6) is 1.30. The van der Waals surface area contributed by atoms with Gasteiger partial charge in [0.15, 0.2) is 0 Å². The van der Waals surface area contributed by atoms with Crippen LogP contribution in [0.4, 0.5) is 0 Å². The topological polar surface area (TPSA) is 65.5 Å². The lowest BCUT2D eigenvalue weighted by Gasteiger charge is -2.25. The molecule has 176 valence electrons. The Balaban J connectivity index is 1.33. The highest BCUT2D eigenvalue weighted by molar-refractivity contribution is 5.96. The number of aryl methyl sites for hydroxylation is 2. The molecular weight excluding hydrogens is 412 g/mol. The Bertz CT molecular complexity index is 943. The van der Waals surface area contributed by atoms with Crippen molar-refractivity contribution in [1.29, 1.82) is 0 Å². The fourth-order valence-corrected chi connectivity index (χ4v) is 5.43. The molecule has 6 heteroatoms. The van der Waals surface area contributed by atoms with Gasteiger partial charge in [-0.1, -0.05) is 37.3 Å². The number of rotatable bonds is 8. The van der Waals surface area contributed by atoms with Gasteiger partial charge in [-0.05, 0) is 55.7 Å². The monoisotopic (exact) mass is 448 g/mol. The molecule has 1 aromatic carbocycles. The van der Waals surface area contributed by atoms with Crippen LogP contribution in [0.15, 0.2) is 42.6 Å². The van der Waals surface area contributed by atoms with Crippen molar-refractivity contribution >= 4 is 11.8 Å². The number of carbonyl (C=O) groups excluding carboxylic acids is 2. The first-order valence-corrected chi connectivity index (χ1v) is 12.2. The Labute approximate surface area is 197 Å². The van der Waals surface area contributed by atoms with Crippen molar-refractivity contribution in [1.82, 2.24) is 20.1 Å².